The Morgan fingerprint density at radius 3 is 2.31 bits per heavy atom. The van der Waals surface area contributed by atoms with Crippen LogP contribution in [0.3, 0.4) is 0 Å². The Bertz CT molecular complexity index is 616. The SMILES string of the molecule is CCCCC(CC)COCCCNS(=O)(=O)c1ccc(C(F)(F)F)cc1. The van der Waals surface area contributed by atoms with Crippen LogP contribution in [0.4, 0.5) is 13.2 Å². The largest absolute Gasteiger partial charge is 0.416 e. The Labute approximate surface area is 154 Å². The van der Waals surface area contributed by atoms with Gasteiger partial charge in [0.05, 0.1) is 10.5 Å². The monoisotopic (exact) mass is 395 g/mol. The average molecular weight is 395 g/mol. The maximum Gasteiger partial charge on any atom is 0.416 e. The van der Waals surface area contributed by atoms with Gasteiger partial charge in [0.1, 0.15) is 0 Å². The summed E-state index contributed by atoms with van der Waals surface area (Å²) < 4.78 is 69.6. The highest BCUT2D eigenvalue weighted by Crippen LogP contribution is 2.29. The van der Waals surface area contributed by atoms with Crippen LogP contribution in [-0.2, 0) is 20.9 Å². The van der Waals surface area contributed by atoms with Gasteiger partial charge in [0, 0.05) is 19.8 Å². The normalized spacial score (nSPS) is 13.7. The molecule has 0 fully saturated rings. The lowest BCUT2D eigenvalue weighted by atomic mass is 10.0. The van der Waals surface area contributed by atoms with Gasteiger partial charge >= 0.3 is 6.18 Å². The zero-order valence-electron chi connectivity index (χ0n) is 15.3. The molecule has 1 aromatic rings. The zero-order chi connectivity index (χ0) is 19.6. The van der Waals surface area contributed by atoms with Gasteiger partial charge in [-0.25, -0.2) is 13.1 Å². The fourth-order valence-corrected chi connectivity index (χ4v) is 3.51. The number of halogens is 3. The molecule has 0 radical (unpaired) electrons. The number of sulfonamides is 1. The molecule has 150 valence electrons. The molecule has 1 atom stereocenters. The van der Waals surface area contributed by atoms with E-state index in [0.717, 1.165) is 43.5 Å². The van der Waals surface area contributed by atoms with Crippen molar-refractivity contribution in [2.24, 2.45) is 5.92 Å². The molecule has 0 spiro atoms. The maximum absolute atomic E-state index is 12.5. The lowest BCUT2D eigenvalue weighted by molar-refractivity contribution is -0.137. The summed E-state index contributed by atoms with van der Waals surface area (Å²) in [7, 11) is -3.82. The number of hydrogen-bond acceptors (Lipinski definition) is 3. The van der Waals surface area contributed by atoms with Gasteiger partial charge in [0.25, 0.3) is 0 Å². The highest BCUT2D eigenvalue weighted by Gasteiger charge is 2.30. The van der Waals surface area contributed by atoms with Crippen LogP contribution in [0.2, 0.25) is 0 Å². The second-order valence-corrected chi connectivity index (χ2v) is 8.03. The van der Waals surface area contributed by atoms with Crippen molar-refractivity contribution in [1.82, 2.24) is 4.72 Å². The van der Waals surface area contributed by atoms with Crippen molar-refractivity contribution in [1.29, 1.82) is 0 Å². The summed E-state index contributed by atoms with van der Waals surface area (Å²) in [6, 6.07) is 3.44. The highest BCUT2D eigenvalue weighted by atomic mass is 32.2. The molecule has 0 saturated carbocycles. The third-order valence-corrected chi connectivity index (χ3v) is 5.62. The number of unbranched alkanes of at least 4 members (excludes halogenated alkanes) is 1. The standard InChI is InChI=1S/C18H28F3NO3S/c1-3-5-7-15(4-2)14-25-13-6-12-22-26(23,24)17-10-8-16(9-11-17)18(19,20)21/h8-11,15,22H,3-7,12-14H2,1-2H3. The lowest BCUT2D eigenvalue weighted by Gasteiger charge is -2.14. The predicted octanol–water partition coefficient (Wildman–Crippen LogP) is 4.61. The quantitative estimate of drug-likeness (QED) is 0.526. The first-order valence-corrected chi connectivity index (χ1v) is 10.4. The summed E-state index contributed by atoms with van der Waals surface area (Å²) in [5.41, 5.74) is -0.876. The number of ether oxygens (including phenoxy) is 1. The minimum Gasteiger partial charge on any atom is -0.381 e. The van der Waals surface area contributed by atoms with E-state index < -0.39 is 21.8 Å². The maximum atomic E-state index is 12.5. The first-order chi connectivity index (χ1) is 12.2. The van der Waals surface area contributed by atoms with Gasteiger partial charge in [-0.05, 0) is 43.0 Å². The van der Waals surface area contributed by atoms with E-state index in [-0.39, 0.29) is 11.4 Å². The summed E-state index contributed by atoms with van der Waals surface area (Å²) in [6.07, 6.45) is 0.537. The third kappa shape index (κ3) is 8.05. The van der Waals surface area contributed by atoms with Crippen LogP contribution >= 0.6 is 0 Å². The molecule has 0 aromatic heterocycles. The highest BCUT2D eigenvalue weighted by molar-refractivity contribution is 7.89. The number of alkyl halides is 3. The Balaban J connectivity index is 2.35. The Kier molecular flexibility index (Phi) is 9.60. The molecule has 0 bridgehead atoms. The first-order valence-electron chi connectivity index (χ1n) is 8.95. The van der Waals surface area contributed by atoms with Crippen LogP contribution in [0.15, 0.2) is 29.2 Å². The minimum atomic E-state index is -4.49. The second kappa shape index (κ2) is 10.9. The van der Waals surface area contributed by atoms with Crippen LogP contribution < -0.4 is 4.72 Å². The topological polar surface area (TPSA) is 55.4 Å². The molecule has 0 aliphatic carbocycles. The number of benzene rings is 1. The molecular formula is C18H28F3NO3S. The van der Waals surface area contributed by atoms with E-state index in [4.69, 9.17) is 4.74 Å². The van der Waals surface area contributed by atoms with Crippen LogP contribution in [-0.4, -0.2) is 28.2 Å². The summed E-state index contributed by atoms with van der Waals surface area (Å²) >= 11 is 0. The molecular weight excluding hydrogens is 367 g/mol. The minimum absolute atomic E-state index is 0.176. The first kappa shape index (κ1) is 22.9. The molecule has 26 heavy (non-hydrogen) atoms. The molecule has 1 aromatic carbocycles. The van der Waals surface area contributed by atoms with Crippen molar-refractivity contribution in [3.05, 3.63) is 29.8 Å². The smallest absolute Gasteiger partial charge is 0.381 e. The van der Waals surface area contributed by atoms with Gasteiger partial charge in [-0.1, -0.05) is 33.1 Å². The molecule has 0 amide bonds. The van der Waals surface area contributed by atoms with Gasteiger partial charge in [0.15, 0.2) is 0 Å². The summed E-state index contributed by atoms with van der Waals surface area (Å²) in [5.74, 6) is 0.527. The molecule has 0 saturated heterocycles. The van der Waals surface area contributed by atoms with Crippen LogP contribution in [0.25, 0.3) is 0 Å². The van der Waals surface area contributed by atoms with E-state index in [9.17, 15) is 21.6 Å². The van der Waals surface area contributed by atoms with Gasteiger partial charge in [-0.3, -0.25) is 0 Å². The zero-order valence-corrected chi connectivity index (χ0v) is 16.1. The van der Waals surface area contributed by atoms with Gasteiger partial charge in [-0.15, -0.1) is 0 Å². The van der Waals surface area contributed by atoms with Crippen molar-refractivity contribution >= 4 is 10.0 Å². The number of nitrogens with one attached hydrogen (secondary N) is 1. The van der Waals surface area contributed by atoms with Crippen molar-refractivity contribution in [3.8, 4) is 0 Å². The summed E-state index contributed by atoms with van der Waals surface area (Å²) in [6.45, 7) is 5.56. The average Bonchev–Trinajstić information content (AvgIpc) is 2.59. The van der Waals surface area contributed by atoms with Gasteiger partial charge in [0.2, 0.25) is 10.0 Å². The molecule has 0 aliphatic rings. The van der Waals surface area contributed by atoms with Crippen LogP contribution in [0, 0.1) is 5.92 Å². The number of rotatable bonds is 12. The van der Waals surface area contributed by atoms with Gasteiger partial charge in [-0.2, -0.15) is 13.2 Å². The third-order valence-electron chi connectivity index (χ3n) is 4.15. The molecule has 1 N–H and O–H groups in total. The predicted molar refractivity (Wildman–Crippen MR) is 95.4 cm³/mol. The van der Waals surface area contributed by atoms with E-state index in [1.807, 2.05) is 0 Å². The van der Waals surface area contributed by atoms with Crippen molar-refractivity contribution in [2.45, 2.75) is 57.0 Å². The Morgan fingerprint density at radius 2 is 1.77 bits per heavy atom. The molecule has 8 heteroatoms. The van der Waals surface area contributed by atoms with E-state index in [0.29, 0.717) is 25.6 Å². The summed E-state index contributed by atoms with van der Waals surface area (Å²) in [5, 5.41) is 0. The molecule has 0 heterocycles. The van der Waals surface area contributed by atoms with Crippen molar-refractivity contribution < 1.29 is 26.3 Å². The van der Waals surface area contributed by atoms with Crippen molar-refractivity contribution in [3.63, 3.8) is 0 Å². The van der Waals surface area contributed by atoms with E-state index in [1.165, 1.54) is 6.42 Å². The molecule has 0 aliphatic heterocycles. The van der Waals surface area contributed by atoms with E-state index in [2.05, 4.69) is 18.6 Å². The number of hydrogen-bond donors (Lipinski definition) is 1. The fourth-order valence-electron chi connectivity index (χ4n) is 2.44. The van der Waals surface area contributed by atoms with Crippen LogP contribution in [0.1, 0.15) is 51.5 Å². The second-order valence-electron chi connectivity index (χ2n) is 6.26. The fraction of sp³-hybridized carbons (Fsp3) is 0.667. The van der Waals surface area contributed by atoms with Gasteiger partial charge < -0.3 is 4.74 Å². The lowest BCUT2D eigenvalue weighted by Crippen LogP contribution is -2.26. The van der Waals surface area contributed by atoms with E-state index in [1.54, 1.807) is 0 Å². The Morgan fingerprint density at radius 1 is 1.12 bits per heavy atom. The van der Waals surface area contributed by atoms with Crippen molar-refractivity contribution in [2.75, 3.05) is 19.8 Å². The molecule has 4 nitrogen and oxygen atoms in total. The molecule has 1 rings (SSSR count). The Hall–Kier alpha value is -1.12. The summed E-state index contributed by atoms with van der Waals surface area (Å²) in [4.78, 5) is -0.183. The molecule has 1 unspecified atom stereocenters. The van der Waals surface area contributed by atoms with E-state index >= 15 is 0 Å². The van der Waals surface area contributed by atoms with Crippen LogP contribution in [0.5, 0.6) is 0 Å².